The third-order valence-electron chi connectivity index (χ3n) is 3.24. The van der Waals surface area contributed by atoms with Crippen LogP contribution < -0.4 is 5.73 Å². The van der Waals surface area contributed by atoms with Crippen LogP contribution in [0.1, 0.15) is 5.56 Å². The zero-order valence-electron chi connectivity index (χ0n) is 11.6. The van der Waals surface area contributed by atoms with Crippen LogP contribution in [0.15, 0.2) is 70.1 Å². The molecule has 0 aliphatic carbocycles. The molecule has 1 aromatic heterocycles. The summed E-state index contributed by atoms with van der Waals surface area (Å²) in [5.74, 6) is 0.195. The highest BCUT2D eigenvalue weighted by molar-refractivity contribution is 7.90. The molecule has 0 radical (unpaired) electrons. The fourth-order valence-electron chi connectivity index (χ4n) is 2.14. The van der Waals surface area contributed by atoms with E-state index < -0.39 is 9.84 Å². The molecule has 6 heteroatoms. The Bertz CT molecular complexity index is 869. The summed E-state index contributed by atoms with van der Waals surface area (Å²) >= 11 is 0. The van der Waals surface area contributed by atoms with Crippen LogP contribution in [0.4, 0.5) is 5.88 Å². The lowest BCUT2D eigenvalue weighted by Gasteiger charge is -2.05. The SMILES string of the molecule is Nc1cc(-c2ccc(S(=O)(=O)Cc3ccccc3)cc2)no1. The molecule has 3 rings (SSSR count). The van der Waals surface area contributed by atoms with Gasteiger partial charge in [-0.2, -0.15) is 0 Å². The van der Waals surface area contributed by atoms with Gasteiger partial charge in [-0.3, -0.25) is 0 Å². The summed E-state index contributed by atoms with van der Waals surface area (Å²) in [5.41, 5.74) is 7.56. The van der Waals surface area contributed by atoms with Crippen molar-refractivity contribution in [3.05, 3.63) is 66.2 Å². The third-order valence-corrected chi connectivity index (χ3v) is 4.94. The van der Waals surface area contributed by atoms with Crippen LogP contribution >= 0.6 is 0 Å². The van der Waals surface area contributed by atoms with Crippen molar-refractivity contribution >= 4 is 15.7 Å². The molecule has 0 amide bonds. The average molecular weight is 314 g/mol. The zero-order valence-corrected chi connectivity index (χ0v) is 12.5. The van der Waals surface area contributed by atoms with E-state index in [4.69, 9.17) is 10.3 Å². The fraction of sp³-hybridized carbons (Fsp3) is 0.0625. The number of nitrogens with zero attached hydrogens (tertiary/aromatic N) is 1. The minimum atomic E-state index is -3.38. The van der Waals surface area contributed by atoms with Crippen LogP contribution in [0, 0.1) is 0 Å². The van der Waals surface area contributed by atoms with Gasteiger partial charge in [0.2, 0.25) is 5.88 Å². The van der Waals surface area contributed by atoms with E-state index in [-0.39, 0.29) is 16.5 Å². The van der Waals surface area contributed by atoms with Gasteiger partial charge in [0.1, 0.15) is 5.69 Å². The molecule has 0 saturated heterocycles. The molecule has 1 heterocycles. The number of hydrogen-bond acceptors (Lipinski definition) is 5. The largest absolute Gasteiger partial charge is 0.368 e. The summed E-state index contributed by atoms with van der Waals surface area (Å²) in [6.45, 7) is 0. The molecule has 0 aliphatic heterocycles. The lowest BCUT2D eigenvalue weighted by Crippen LogP contribution is -2.04. The van der Waals surface area contributed by atoms with Gasteiger partial charge in [-0.15, -0.1) is 0 Å². The quantitative estimate of drug-likeness (QED) is 0.800. The van der Waals surface area contributed by atoms with Crippen molar-refractivity contribution in [1.29, 1.82) is 0 Å². The van der Waals surface area contributed by atoms with Crippen molar-refractivity contribution < 1.29 is 12.9 Å². The summed E-state index contributed by atoms with van der Waals surface area (Å²) in [6, 6.07) is 17.2. The third kappa shape index (κ3) is 3.01. The molecule has 0 fully saturated rings. The minimum absolute atomic E-state index is 0.0237. The van der Waals surface area contributed by atoms with E-state index in [0.717, 1.165) is 11.1 Å². The average Bonchev–Trinajstić information content (AvgIpc) is 2.95. The Kier molecular flexibility index (Phi) is 3.68. The number of nitrogens with two attached hydrogens (primary N) is 1. The first-order valence-corrected chi connectivity index (χ1v) is 8.29. The second-order valence-electron chi connectivity index (χ2n) is 4.88. The van der Waals surface area contributed by atoms with Crippen LogP contribution in [-0.4, -0.2) is 13.6 Å². The van der Waals surface area contributed by atoms with E-state index in [1.165, 1.54) is 0 Å². The van der Waals surface area contributed by atoms with E-state index in [9.17, 15) is 8.42 Å². The smallest absolute Gasteiger partial charge is 0.222 e. The maximum absolute atomic E-state index is 12.4. The van der Waals surface area contributed by atoms with E-state index in [1.807, 2.05) is 18.2 Å². The highest BCUT2D eigenvalue weighted by Gasteiger charge is 2.15. The molecule has 0 saturated carbocycles. The molecule has 2 aromatic carbocycles. The lowest BCUT2D eigenvalue weighted by atomic mass is 10.1. The molecule has 2 N–H and O–H groups in total. The van der Waals surface area contributed by atoms with Gasteiger partial charge in [-0.05, 0) is 17.7 Å². The van der Waals surface area contributed by atoms with Crippen LogP contribution in [0.25, 0.3) is 11.3 Å². The van der Waals surface area contributed by atoms with Gasteiger partial charge in [0.05, 0.1) is 10.6 Å². The van der Waals surface area contributed by atoms with Crippen LogP contribution in [0.3, 0.4) is 0 Å². The Morgan fingerprint density at radius 1 is 1.00 bits per heavy atom. The van der Waals surface area contributed by atoms with E-state index in [0.29, 0.717) is 5.69 Å². The van der Waals surface area contributed by atoms with Gasteiger partial charge >= 0.3 is 0 Å². The Hall–Kier alpha value is -2.60. The first-order valence-electron chi connectivity index (χ1n) is 6.64. The van der Waals surface area contributed by atoms with Crippen molar-refractivity contribution in [3.63, 3.8) is 0 Å². The predicted octanol–water partition coefficient (Wildman–Crippen LogP) is 2.90. The maximum Gasteiger partial charge on any atom is 0.222 e. The number of hydrogen-bond donors (Lipinski definition) is 1. The van der Waals surface area contributed by atoms with E-state index in [1.54, 1.807) is 42.5 Å². The maximum atomic E-state index is 12.4. The van der Waals surface area contributed by atoms with E-state index in [2.05, 4.69) is 5.16 Å². The first-order chi connectivity index (χ1) is 10.5. The summed E-state index contributed by atoms with van der Waals surface area (Å²) in [6.07, 6.45) is 0. The molecule has 0 unspecified atom stereocenters. The molecular weight excluding hydrogens is 300 g/mol. The molecule has 0 bridgehead atoms. The number of anilines is 1. The van der Waals surface area contributed by atoms with Gasteiger partial charge in [-0.1, -0.05) is 47.6 Å². The highest BCUT2D eigenvalue weighted by atomic mass is 32.2. The minimum Gasteiger partial charge on any atom is -0.368 e. The van der Waals surface area contributed by atoms with Crippen LogP contribution in [0.5, 0.6) is 0 Å². The molecule has 5 nitrogen and oxygen atoms in total. The van der Waals surface area contributed by atoms with Gasteiger partial charge < -0.3 is 10.3 Å². The normalized spacial score (nSPS) is 11.5. The van der Waals surface area contributed by atoms with Crippen LogP contribution in [-0.2, 0) is 15.6 Å². The number of sulfone groups is 1. The predicted molar refractivity (Wildman–Crippen MR) is 83.7 cm³/mol. The molecule has 0 atom stereocenters. The van der Waals surface area contributed by atoms with Crippen molar-refractivity contribution in [1.82, 2.24) is 5.16 Å². The lowest BCUT2D eigenvalue weighted by molar-refractivity contribution is 0.439. The number of rotatable bonds is 4. The Balaban J connectivity index is 1.86. The van der Waals surface area contributed by atoms with E-state index >= 15 is 0 Å². The van der Waals surface area contributed by atoms with Crippen LogP contribution in [0.2, 0.25) is 0 Å². The summed E-state index contributed by atoms with van der Waals surface area (Å²) in [5, 5.41) is 3.80. The number of benzene rings is 2. The monoisotopic (exact) mass is 314 g/mol. The topological polar surface area (TPSA) is 86.2 Å². The summed E-state index contributed by atoms with van der Waals surface area (Å²) < 4.78 is 29.6. The van der Waals surface area contributed by atoms with Crippen molar-refractivity contribution in [2.75, 3.05) is 5.73 Å². The molecule has 112 valence electrons. The molecule has 0 aliphatic rings. The fourth-order valence-corrected chi connectivity index (χ4v) is 3.48. The van der Waals surface area contributed by atoms with Crippen molar-refractivity contribution in [2.24, 2.45) is 0 Å². The van der Waals surface area contributed by atoms with Crippen molar-refractivity contribution in [3.8, 4) is 11.3 Å². The molecule has 0 spiro atoms. The van der Waals surface area contributed by atoms with Crippen molar-refractivity contribution in [2.45, 2.75) is 10.6 Å². The number of nitrogen functional groups attached to an aromatic ring is 1. The molecular formula is C16H14N2O3S. The van der Waals surface area contributed by atoms with Gasteiger partial charge in [0, 0.05) is 11.6 Å². The standard InChI is InChI=1S/C16H14N2O3S/c17-16-10-15(18-21-16)13-6-8-14(9-7-13)22(19,20)11-12-4-2-1-3-5-12/h1-10H,11,17H2. The molecule has 22 heavy (non-hydrogen) atoms. The Morgan fingerprint density at radius 2 is 1.68 bits per heavy atom. The Labute approximate surface area is 128 Å². The highest BCUT2D eigenvalue weighted by Crippen LogP contribution is 2.23. The number of aromatic nitrogens is 1. The van der Waals surface area contributed by atoms with Gasteiger partial charge in [0.25, 0.3) is 0 Å². The van der Waals surface area contributed by atoms with Gasteiger partial charge in [0.15, 0.2) is 9.84 Å². The van der Waals surface area contributed by atoms with Gasteiger partial charge in [-0.25, -0.2) is 8.42 Å². The summed E-state index contributed by atoms with van der Waals surface area (Å²) in [4.78, 5) is 0.275. The second kappa shape index (κ2) is 5.65. The zero-order chi connectivity index (χ0) is 15.6. The molecule has 3 aromatic rings. The Morgan fingerprint density at radius 3 is 2.27 bits per heavy atom. The second-order valence-corrected chi connectivity index (χ2v) is 6.87. The first kappa shape index (κ1) is 14.3. The summed E-state index contributed by atoms with van der Waals surface area (Å²) in [7, 11) is -3.38.